The Bertz CT molecular complexity index is 894. The van der Waals surface area contributed by atoms with Crippen LogP contribution in [0, 0.1) is 0 Å². The number of carbonyl (C=O) groups is 1. The van der Waals surface area contributed by atoms with Gasteiger partial charge in [-0.2, -0.15) is 0 Å². The summed E-state index contributed by atoms with van der Waals surface area (Å²) in [6, 6.07) is 7.80. The minimum atomic E-state index is -3.47. The Morgan fingerprint density at radius 1 is 1.15 bits per heavy atom. The van der Waals surface area contributed by atoms with E-state index in [2.05, 4.69) is 20.2 Å². The van der Waals surface area contributed by atoms with Crippen LogP contribution in [0.4, 0.5) is 5.95 Å². The molecule has 1 aromatic heterocycles. The van der Waals surface area contributed by atoms with E-state index < -0.39 is 16.4 Å². The molecule has 2 heterocycles. The first-order valence-electron chi connectivity index (χ1n) is 8.78. The average Bonchev–Trinajstić information content (AvgIpc) is 3.21. The number of anilines is 1. The Labute approximate surface area is 158 Å². The second-order valence-corrected chi connectivity index (χ2v) is 8.41. The molecule has 0 atom stereocenters. The molecule has 1 saturated heterocycles. The van der Waals surface area contributed by atoms with Gasteiger partial charge in [-0.3, -0.25) is 4.79 Å². The van der Waals surface area contributed by atoms with Gasteiger partial charge in [-0.25, -0.2) is 18.4 Å². The van der Waals surface area contributed by atoms with Crippen molar-refractivity contribution >= 4 is 21.7 Å². The minimum Gasteiger partial charge on any atom is -0.395 e. The monoisotopic (exact) mass is 390 g/mol. The lowest BCUT2D eigenvalue weighted by molar-refractivity contribution is 0.0945. The molecule has 0 spiro atoms. The third kappa shape index (κ3) is 4.81. The molecule has 1 amide bonds. The molecular formula is C18H22N4O4S. The van der Waals surface area contributed by atoms with Crippen molar-refractivity contribution in [3.05, 3.63) is 47.8 Å². The van der Waals surface area contributed by atoms with E-state index in [1.807, 2.05) is 0 Å². The highest BCUT2D eigenvalue weighted by atomic mass is 32.2. The summed E-state index contributed by atoms with van der Waals surface area (Å²) in [4.78, 5) is 23.1. The summed E-state index contributed by atoms with van der Waals surface area (Å²) in [6.07, 6.45) is 3.78. The molecule has 0 saturated carbocycles. The fourth-order valence-electron chi connectivity index (χ4n) is 2.87. The van der Waals surface area contributed by atoms with Crippen LogP contribution < -0.4 is 10.2 Å². The standard InChI is InChI=1S/C18H22N4O4S/c23-11-12-27(25,26)15-5-3-14(4-6-15)13-20-17(24)16-7-8-19-18(21-16)22-9-1-2-10-22/h3-8,23H,1-2,9-13H2,(H,20,24). The number of nitrogens with one attached hydrogen (secondary N) is 1. The van der Waals surface area contributed by atoms with Crippen molar-refractivity contribution in [1.82, 2.24) is 15.3 Å². The van der Waals surface area contributed by atoms with Gasteiger partial charge in [0.25, 0.3) is 5.91 Å². The van der Waals surface area contributed by atoms with Crippen LogP contribution in [0.2, 0.25) is 0 Å². The number of rotatable bonds is 7. The number of aliphatic hydroxyl groups is 1. The van der Waals surface area contributed by atoms with E-state index in [0.29, 0.717) is 11.6 Å². The van der Waals surface area contributed by atoms with Gasteiger partial charge in [0.1, 0.15) is 5.69 Å². The van der Waals surface area contributed by atoms with Gasteiger partial charge < -0.3 is 15.3 Å². The maximum Gasteiger partial charge on any atom is 0.270 e. The summed E-state index contributed by atoms with van der Waals surface area (Å²) in [5, 5.41) is 11.6. The van der Waals surface area contributed by atoms with Crippen LogP contribution in [0.15, 0.2) is 41.4 Å². The summed E-state index contributed by atoms with van der Waals surface area (Å²) in [5.74, 6) is -0.0516. The number of aromatic nitrogens is 2. The largest absolute Gasteiger partial charge is 0.395 e. The minimum absolute atomic E-state index is 0.151. The molecule has 1 aliphatic heterocycles. The number of carbonyl (C=O) groups excluding carboxylic acids is 1. The summed E-state index contributed by atoms with van der Waals surface area (Å²) in [6.45, 7) is 1.63. The zero-order chi connectivity index (χ0) is 19.3. The van der Waals surface area contributed by atoms with Crippen LogP contribution in [-0.2, 0) is 16.4 Å². The first kappa shape index (κ1) is 19.2. The van der Waals surface area contributed by atoms with E-state index in [0.717, 1.165) is 31.5 Å². The molecule has 1 fully saturated rings. The van der Waals surface area contributed by atoms with Crippen LogP contribution in [0.3, 0.4) is 0 Å². The number of benzene rings is 1. The predicted molar refractivity (Wildman–Crippen MR) is 100 cm³/mol. The molecule has 1 aromatic carbocycles. The van der Waals surface area contributed by atoms with Crippen LogP contribution in [0.5, 0.6) is 0 Å². The summed E-state index contributed by atoms with van der Waals surface area (Å²) in [5.41, 5.74) is 1.06. The fourth-order valence-corrected chi connectivity index (χ4v) is 3.90. The van der Waals surface area contributed by atoms with Crippen LogP contribution in [0.25, 0.3) is 0 Å². The SMILES string of the molecule is O=C(NCc1ccc(S(=O)(=O)CCO)cc1)c1ccnc(N2CCCC2)n1. The van der Waals surface area contributed by atoms with Gasteiger partial charge >= 0.3 is 0 Å². The van der Waals surface area contributed by atoms with Gasteiger partial charge in [0.05, 0.1) is 17.3 Å². The van der Waals surface area contributed by atoms with Crippen molar-refractivity contribution in [3.63, 3.8) is 0 Å². The zero-order valence-corrected chi connectivity index (χ0v) is 15.7. The molecule has 144 valence electrons. The van der Waals surface area contributed by atoms with Gasteiger partial charge in [-0.05, 0) is 36.6 Å². The van der Waals surface area contributed by atoms with E-state index >= 15 is 0 Å². The van der Waals surface area contributed by atoms with Crippen molar-refractivity contribution < 1.29 is 18.3 Å². The molecule has 8 nitrogen and oxygen atoms in total. The molecule has 0 aliphatic carbocycles. The highest BCUT2D eigenvalue weighted by molar-refractivity contribution is 7.91. The van der Waals surface area contributed by atoms with Crippen molar-refractivity contribution in [1.29, 1.82) is 0 Å². The maximum absolute atomic E-state index is 12.4. The lowest BCUT2D eigenvalue weighted by Gasteiger charge is -2.15. The van der Waals surface area contributed by atoms with E-state index in [1.165, 1.54) is 12.1 Å². The number of sulfone groups is 1. The quantitative estimate of drug-likeness (QED) is 0.718. The van der Waals surface area contributed by atoms with Crippen molar-refractivity contribution in [2.75, 3.05) is 30.3 Å². The molecule has 0 unspecified atom stereocenters. The number of hydrogen-bond donors (Lipinski definition) is 2. The molecule has 2 aromatic rings. The zero-order valence-electron chi connectivity index (χ0n) is 14.8. The third-order valence-corrected chi connectivity index (χ3v) is 6.07. The van der Waals surface area contributed by atoms with Crippen molar-refractivity contribution in [3.8, 4) is 0 Å². The molecule has 3 rings (SSSR count). The normalized spacial score (nSPS) is 14.3. The van der Waals surface area contributed by atoms with Gasteiger partial charge in [0, 0.05) is 25.8 Å². The summed E-state index contributed by atoms with van der Waals surface area (Å²) >= 11 is 0. The first-order valence-corrected chi connectivity index (χ1v) is 10.4. The Hall–Kier alpha value is -2.52. The number of aliphatic hydroxyl groups excluding tert-OH is 1. The lowest BCUT2D eigenvalue weighted by Crippen LogP contribution is -2.26. The first-order chi connectivity index (χ1) is 13.0. The fraction of sp³-hybridized carbons (Fsp3) is 0.389. The summed E-state index contributed by atoms with van der Waals surface area (Å²) in [7, 11) is -3.47. The van der Waals surface area contributed by atoms with E-state index in [-0.39, 0.29) is 23.1 Å². The van der Waals surface area contributed by atoms with Gasteiger partial charge in [0.2, 0.25) is 5.95 Å². The Kier molecular flexibility index (Phi) is 6.02. The maximum atomic E-state index is 12.4. The Balaban J connectivity index is 1.61. The molecule has 0 bridgehead atoms. The second-order valence-electron chi connectivity index (χ2n) is 6.31. The topological polar surface area (TPSA) is 112 Å². The average molecular weight is 390 g/mol. The lowest BCUT2D eigenvalue weighted by atomic mass is 10.2. The second kappa shape index (κ2) is 8.45. The van der Waals surface area contributed by atoms with Gasteiger partial charge in [-0.15, -0.1) is 0 Å². The van der Waals surface area contributed by atoms with Gasteiger partial charge in [-0.1, -0.05) is 12.1 Å². The molecular weight excluding hydrogens is 368 g/mol. The third-order valence-electron chi connectivity index (χ3n) is 4.36. The van der Waals surface area contributed by atoms with Crippen molar-refractivity contribution in [2.45, 2.75) is 24.3 Å². The smallest absolute Gasteiger partial charge is 0.270 e. The van der Waals surface area contributed by atoms with Crippen LogP contribution in [0.1, 0.15) is 28.9 Å². The predicted octanol–water partition coefficient (Wildman–Crippen LogP) is 0.773. The van der Waals surface area contributed by atoms with Gasteiger partial charge in [0.15, 0.2) is 9.84 Å². The summed E-state index contributed by atoms with van der Waals surface area (Å²) < 4.78 is 23.8. The highest BCUT2D eigenvalue weighted by Crippen LogP contribution is 2.15. The number of hydrogen-bond acceptors (Lipinski definition) is 7. The van der Waals surface area contributed by atoms with E-state index in [4.69, 9.17) is 5.11 Å². The van der Waals surface area contributed by atoms with Crippen LogP contribution >= 0.6 is 0 Å². The molecule has 2 N–H and O–H groups in total. The Morgan fingerprint density at radius 2 is 1.85 bits per heavy atom. The van der Waals surface area contributed by atoms with Crippen LogP contribution in [-0.4, -0.2) is 54.8 Å². The van der Waals surface area contributed by atoms with E-state index in [1.54, 1.807) is 24.4 Å². The number of nitrogens with zero attached hydrogens (tertiary/aromatic N) is 3. The highest BCUT2D eigenvalue weighted by Gasteiger charge is 2.17. The molecule has 27 heavy (non-hydrogen) atoms. The Morgan fingerprint density at radius 3 is 2.52 bits per heavy atom. The van der Waals surface area contributed by atoms with E-state index in [9.17, 15) is 13.2 Å². The molecule has 0 radical (unpaired) electrons. The molecule has 9 heteroatoms. The molecule has 1 aliphatic rings. The number of amides is 1. The van der Waals surface area contributed by atoms with Crippen molar-refractivity contribution in [2.24, 2.45) is 0 Å².